The highest BCUT2D eigenvalue weighted by atomic mass is 15.2. The van der Waals surface area contributed by atoms with E-state index in [2.05, 4.69) is 36.0 Å². The van der Waals surface area contributed by atoms with Crippen molar-refractivity contribution in [3.05, 3.63) is 41.2 Å². The summed E-state index contributed by atoms with van der Waals surface area (Å²) in [5.74, 6) is 5.60. The molecule has 1 atom stereocenters. The van der Waals surface area contributed by atoms with Gasteiger partial charge in [0.2, 0.25) is 0 Å². The van der Waals surface area contributed by atoms with Crippen molar-refractivity contribution in [2.75, 3.05) is 0 Å². The molecule has 1 unspecified atom stereocenters. The van der Waals surface area contributed by atoms with Crippen molar-refractivity contribution < 1.29 is 0 Å². The molecular weight excluding hydrogens is 198 g/mol. The summed E-state index contributed by atoms with van der Waals surface area (Å²) >= 11 is 0. The molecule has 0 saturated heterocycles. The minimum atomic E-state index is 0.132. The molecule has 3 N–H and O–H groups in total. The molecule has 0 amide bonds. The average molecular weight is 219 g/mol. The topological polar surface area (TPSA) is 50.9 Å². The smallest absolute Gasteiger partial charge is 0.0498 e. The standard InChI is InChI=1S/C13H21N3/c1-5-9(2)6-13(16-14)12-7-10(3)15-11(4)8-12/h7-8,13,16H,2,5-6,14H2,1,3-4H3. The molecule has 0 bridgehead atoms. The van der Waals surface area contributed by atoms with Gasteiger partial charge in [0.15, 0.2) is 0 Å². The second-order valence-electron chi connectivity index (χ2n) is 4.21. The Kier molecular flexibility index (Phi) is 4.65. The lowest BCUT2D eigenvalue weighted by Gasteiger charge is -2.18. The van der Waals surface area contributed by atoms with E-state index in [1.165, 1.54) is 11.1 Å². The summed E-state index contributed by atoms with van der Waals surface area (Å²) in [6, 6.07) is 4.27. The molecule has 1 aromatic heterocycles. The normalized spacial score (nSPS) is 12.5. The molecule has 0 spiro atoms. The number of hydrazine groups is 1. The van der Waals surface area contributed by atoms with Crippen LogP contribution in [0.4, 0.5) is 0 Å². The van der Waals surface area contributed by atoms with Crippen molar-refractivity contribution in [1.82, 2.24) is 10.4 Å². The van der Waals surface area contributed by atoms with E-state index < -0.39 is 0 Å². The number of rotatable bonds is 5. The van der Waals surface area contributed by atoms with Crippen LogP contribution in [0.15, 0.2) is 24.3 Å². The number of pyridine rings is 1. The van der Waals surface area contributed by atoms with E-state index in [1.54, 1.807) is 0 Å². The number of nitrogens with one attached hydrogen (secondary N) is 1. The van der Waals surface area contributed by atoms with Crippen LogP contribution in [0, 0.1) is 13.8 Å². The number of hydrogen-bond donors (Lipinski definition) is 2. The lowest BCUT2D eigenvalue weighted by Crippen LogP contribution is -2.28. The number of aryl methyl sites for hydroxylation is 2. The average Bonchev–Trinajstić information content (AvgIpc) is 2.24. The summed E-state index contributed by atoms with van der Waals surface area (Å²) in [7, 11) is 0. The Bertz CT molecular complexity index is 351. The van der Waals surface area contributed by atoms with E-state index in [0.29, 0.717) is 0 Å². The monoisotopic (exact) mass is 219 g/mol. The van der Waals surface area contributed by atoms with Crippen molar-refractivity contribution >= 4 is 0 Å². The van der Waals surface area contributed by atoms with Crippen LogP contribution < -0.4 is 11.3 Å². The second-order valence-corrected chi connectivity index (χ2v) is 4.21. The van der Waals surface area contributed by atoms with Gasteiger partial charge in [-0.15, -0.1) is 0 Å². The lowest BCUT2D eigenvalue weighted by molar-refractivity contribution is 0.543. The van der Waals surface area contributed by atoms with Crippen LogP contribution in [0.1, 0.15) is 42.8 Å². The predicted molar refractivity (Wildman–Crippen MR) is 67.8 cm³/mol. The van der Waals surface area contributed by atoms with Crippen molar-refractivity contribution in [1.29, 1.82) is 0 Å². The highest BCUT2D eigenvalue weighted by molar-refractivity contribution is 5.24. The van der Waals surface area contributed by atoms with Crippen LogP contribution in [0.5, 0.6) is 0 Å². The van der Waals surface area contributed by atoms with E-state index in [0.717, 1.165) is 24.2 Å². The van der Waals surface area contributed by atoms with E-state index >= 15 is 0 Å². The quantitative estimate of drug-likeness (QED) is 0.454. The van der Waals surface area contributed by atoms with Crippen LogP contribution in [-0.4, -0.2) is 4.98 Å². The van der Waals surface area contributed by atoms with Crippen LogP contribution in [0.2, 0.25) is 0 Å². The first kappa shape index (κ1) is 12.9. The SMILES string of the molecule is C=C(CC)CC(NN)c1cc(C)nc(C)c1. The maximum Gasteiger partial charge on any atom is 0.0498 e. The zero-order valence-electron chi connectivity index (χ0n) is 10.4. The van der Waals surface area contributed by atoms with Crippen LogP contribution in [0.25, 0.3) is 0 Å². The molecule has 16 heavy (non-hydrogen) atoms. The summed E-state index contributed by atoms with van der Waals surface area (Å²) in [4.78, 5) is 4.36. The molecule has 0 radical (unpaired) electrons. The fraction of sp³-hybridized carbons (Fsp3) is 0.462. The number of nitrogens with zero attached hydrogens (tertiary/aromatic N) is 1. The second kappa shape index (κ2) is 5.77. The van der Waals surface area contributed by atoms with Crippen molar-refractivity contribution in [2.24, 2.45) is 5.84 Å². The number of nitrogens with two attached hydrogens (primary N) is 1. The highest BCUT2D eigenvalue weighted by Crippen LogP contribution is 2.22. The Morgan fingerprint density at radius 2 is 2.00 bits per heavy atom. The highest BCUT2D eigenvalue weighted by Gasteiger charge is 2.11. The van der Waals surface area contributed by atoms with Gasteiger partial charge in [-0.25, -0.2) is 0 Å². The van der Waals surface area contributed by atoms with Crippen LogP contribution in [0.3, 0.4) is 0 Å². The summed E-state index contributed by atoms with van der Waals surface area (Å²) in [6.07, 6.45) is 1.86. The Labute approximate surface area is 97.7 Å². The van der Waals surface area contributed by atoms with Gasteiger partial charge in [-0.2, -0.15) is 0 Å². The first-order chi connectivity index (χ1) is 7.56. The Morgan fingerprint density at radius 1 is 1.44 bits per heavy atom. The Hall–Kier alpha value is -1.19. The largest absolute Gasteiger partial charge is 0.271 e. The fourth-order valence-electron chi connectivity index (χ4n) is 1.77. The molecule has 88 valence electrons. The van der Waals surface area contributed by atoms with Crippen molar-refractivity contribution in [3.8, 4) is 0 Å². The summed E-state index contributed by atoms with van der Waals surface area (Å²) in [6.45, 7) is 10.1. The molecule has 0 aliphatic heterocycles. The first-order valence-electron chi connectivity index (χ1n) is 5.64. The minimum absolute atomic E-state index is 0.132. The third-order valence-electron chi connectivity index (χ3n) is 2.70. The molecular formula is C13H21N3. The number of hydrogen-bond acceptors (Lipinski definition) is 3. The molecule has 0 aliphatic rings. The van der Waals surface area contributed by atoms with Gasteiger partial charge in [0, 0.05) is 17.4 Å². The third-order valence-corrected chi connectivity index (χ3v) is 2.70. The van der Waals surface area contributed by atoms with E-state index in [9.17, 15) is 0 Å². The molecule has 0 aromatic carbocycles. The van der Waals surface area contributed by atoms with Gasteiger partial charge in [0.25, 0.3) is 0 Å². The molecule has 1 heterocycles. The maximum absolute atomic E-state index is 5.60. The molecule has 3 nitrogen and oxygen atoms in total. The maximum atomic E-state index is 5.60. The van der Waals surface area contributed by atoms with E-state index in [-0.39, 0.29) is 6.04 Å². The molecule has 0 aliphatic carbocycles. The third kappa shape index (κ3) is 3.43. The Morgan fingerprint density at radius 3 is 2.44 bits per heavy atom. The lowest BCUT2D eigenvalue weighted by atomic mass is 9.98. The van der Waals surface area contributed by atoms with Crippen molar-refractivity contribution in [3.63, 3.8) is 0 Å². The predicted octanol–water partition coefficient (Wildman–Crippen LogP) is 2.56. The van der Waals surface area contributed by atoms with E-state index in [4.69, 9.17) is 5.84 Å². The van der Waals surface area contributed by atoms with Gasteiger partial charge in [0.1, 0.15) is 0 Å². The first-order valence-corrected chi connectivity index (χ1v) is 5.64. The van der Waals surface area contributed by atoms with Gasteiger partial charge in [-0.3, -0.25) is 16.3 Å². The molecule has 0 fully saturated rings. The summed E-state index contributed by atoms with van der Waals surface area (Å²) < 4.78 is 0. The molecule has 1 aromatic rings. The molecule has 0 saturated carbocycles. The van der Waals surface area contributed by atoms with Crippen LogP contribution in [-0.2, 0) is 0 Å². The zero-order valence-corrected chi connectivity index (χ0v) is 10.4. The number of aromatic nitrogens is 1. The summed E-state index contributed by atoms with van der Waals surface area (Å²) in [5, 5.41) is 0. The van der Waals surface area contributed by atoms with E-state index in [1.807, 2.05) is 13.8 Å². The summed E-state index contributed by atoms with van der Waals surface area (Å²) in [5.41, 5.74) is 7.29. The Balaban J connectivity index is 2.90. The van der Waals surface area contributed by atoms with Gasteiger partial charge in [-0.05, 0) is 44.4 Å². The fourth-order valence-corrected chi connectivity index (χ4v) is 1.77. The van der Waals surface area contributed by atoms with Gasteiger partial charge in [-0.1, -0.05) is 19.1 Å². The van der Waals surface area contributed by atoms with Gasteiger partial charge < -0.3 is 0 Å². The van der Waals surface area contributed by atoms with Crippen molar-refractivity contribution in [2.45, 2.75) is 39.7 Å². The minimum Gasteiger partial charge on any atom is -0.271 e. The van der Waals surface area contributed by atoms with Gasteiger partial charge >= 0.3 is 0 Å². The van der Waals surface area contributed by atoms with Crippen LogP contribution >= 0.6 is 0 Å². The van der Waals surface area contributed by atoms with Gasteiger partial charge in [0.05, 0.1) is 0 Å². The molecule has 1 rings (SSSR count). The molecule has 3 heteroatoms. The zero-order chi connectivity index (χ0) is 12.1.